The van der Waals surface area contributed by atoms with Gasteiger partial charge in [-0.05, 0) is 61.4 Å². The second-order valence-electron chi connectivity index (χ2n) is 8.85. The van der Waals surface area contributed by atoms with Crippen LogP contribution >= 0.6 is 0 Å². The maximum atomic E-state index is 13.9. The molecule has 0 bridgehead atoms. The first-order valence-electron chi connectivity index (χ1n) is 12.2. The topological polar surface area (TPSA) is 130 Å². The number of aromatic nitrogens is 3. The van der Waals surface area contributed by atoms with Crippen LogP contribution in [0.1, 0.15) is 31.2 Å². The first-order valence-corrected chi connectivity index (χ1v) is 13.7. The van der Waals surface area contributed by atoms with Crippen molar-refractivity contribution in [1.82, 2.24) is 14.1 Å². The maximum Gasteiger partial charge on any atom is 0.281 e. The smallest absolute Gasteiger partial charge is 0.281 e. The molecule has 0 atom stereocenters. The summed E-state index contributed by atoms with van der Waals surface area (Å²) >= 11 is 0. The van der Waals surface area contributed by atoms with Crippen molar-refractivity contribution in [3.8, 4) is 28.8 Å². The van der Waals surface area contributed by atoms with Gasteiger partial charge in [-0.1, -0.05) is 19.4 Å². The van der Waals surface area contributed by atoms with Crippen LogP contribution < -0.4 is 20.6 Å². The van der Waals surface area contributed by atoms with Crippen molar-refractivity contribution >= 4 is 9.84 Å². The minimum atomic E-state index is -4.54. The Balaban J connectivity index is 1.93. The molecule has 0 amide bonds. The van der Waals surface area contributed by atoms with Crippen LogP contribution in [-0.2, 0) is 16.3 Å². The lowest BCUT2D eigenvalue weighted by molar-refractivity contribution is 0.386. The molecule has 39 heavy (non-hydrogen) atoms. The summed E-state index contributed by atoms with van der Waals surface area (Å²) in [5.74, 6) is -0.207. The highest BCUT2D eigenvalue weighted by atomic mass is 32.2. The summed E-state index contributed by atoms with van der Waals surface area (Å²) in [5, 5.41) is 10.8. The number of benzene rings is 2. The summed E-state index contributed by atoms with van der Waals surface area (Å²) in [6.07, 6.45) is 3.29. The van der Waals surface area contributed by atoms with E-state index in [1.807, 2.05) is 6.92 Å². The number of hydrogen-bond acceptors (Lipinski definition) is 8. The monoisotopic (exact) mass is 551 g/mol. The zero-order valence-corrected chi connectivity index (χ0v) is 22.9. The van der Waals surface area contributed by atoms with Gasteiger partial charge in [0, 0.05) is 24.4 Å². The number of unbranched alkanes of at least 4 members (excludes halogenated alkanes) is 1. The van der Waals surface area contributed by atoms with Gasteiger partial charge >= 0.3 is 0 Å². The quantitative estimate of drug-likeness (QED) is 0.334. The van der Waals surface area contributed by atoms with E-state index in [1.54, 1.807) is 37.4 Å². The summed E-state index contributed by atoms with van der Waals surface area (Å²) in [5.41, 5.74) is 0.145. The highest BCUT2D eigenvalue weighted by Gasteiger charge is 2.31. The molecule has 10 nitrogen and oxygen atoms in total. The Morgan fingerprint density at radius 2 is 1.62 bits per heavy atom. The van der Waals surface area contributed by atoms with E-state index < -0.39 is 26.2 Å². The fourth-order valence-electron chi connectivity index (χ4n) is 4.25. The lowest BCUT2D eigenvalue weighted by atomic mass is 10.2. The Morgan fingerprint density at radius 1 is 0.974 bits per heavy atom. The summed E-state index contributed by atoms with van der Waals surface area (Å²) in [6.45, 7) is 3.75. The number of methoxy groups -OCH3 is 2. The standard InChI is InChI=1S/C28H29N3O7S/c1-5-6-10-23-29-27(33)26(28(34)31(23)25-21(37-3)8-7-9-22(25)38-4)39(35,36)20-13-11-19(12-14-20)30-16-15-18(2)17-24(30)32/h7-9,11-17,33H,5-6,10H2,1-4H3. The van der Waals surface area contributed by atoms with Crippen LogP contribution in [-0.4, -0.2) is 41.9 Å². The number of nitrogens with zero attached hydrogens (tertiary/aromatic N) is 3. The van der Waals surface area contributed by atoms with Crippen LogP contribution in [0.2, 0.25) is 0 Å². The minimum absolute atomic E-state index is 0.162. The third-order valence-electron chi connectivity index (χ3n) is 6.24. The van der Waals surface area contributed by atoms with Gasteiger partial charge in [0.2, 0.25) is 15.7 Å². The fourth-order valence-corrected chi connectivity index (χ4v) is 5.59. The average molecular weight is 552 g/mol. The molecule has 2 heterocycles. The molecular weight excluding hydrogens is 522 g/mol. The van der Waals surface area contributed by atoms with Crippen molar-refractivity contribution in [2.75, 3.05) is 14.2 Å². The van der Waals surface area contributed by atoms with Crippen LogP contribution in [0.15, 0.2) is 80.2 Å². The van der Waals surface area contributed by atoms with Gasteiger partial charge in [0.15, 0.2) is 4.90 Å². The van der Waals surface area contributed by atoms with E-state index in [2.05, 4.69) is 4.98 Å². The third kappa shape index (κ3) is 5.17. The van der Waals surface area contributed by atoms with Crippen molar-refractivity contribution in [3.63, 3.8) is 0 Å². The molecule has 0 spiro atoms. The molecular formula is C28H29N3O7S. The van der Waals surface area contributed by atoms with Gasteiger partial charge in [-0.2, -0.15) is 4.98 Å². The minimum Gasteiger partial charge on any atom is -0.494 e. The summed E-state index contributed by atoms with van der Waals surface area (Å²) in [4.78, 5) is 29.3. The molecule has 204 valence electrons. The van der Waals surface area contributed by atoms with Gasteiger partial charge in [0.05, 0.1) is 19.1 Å². The summed E-state index contributed by atoms with van der Waals surface area (Å²) in [7, 11) is -1.70. The SMILES string of the molecule is CCCCc1nc(O)c(S(=O)(=O)c2ccc(-n3ccc(C)cc3=O)cc2)c(=O)n1-c1c(OC)cccc1OC. The molecule has 4 rings (SSSR count). The van der Waals surface area contributed by atoms with E-state index in [0.717, 1.165) is 16.6 Å². The molecule has 2 aromatic carbocycles. The maximum absolute atomic E-state index is 13.9. The Morgan fingerprint density at radius 3 is 2.18 bits per heavy atom. The predicted molar refractivity (Wildman–Crippen MR) is 145 cm³/mol. The van der Waals surface area contributed by atoms with Gasteiger partial charge in [0.25, 0.3) is 11.1 Å². The molecule has 0 aliphatic rings. The number of para-hydroxylation sites is 1. The third-order valence-corrected chi connectivity index (χ3v) is 8.03. The number of hydrogen-bond donors (Lipinski definition) is 1. The Hall–Kier alpha value is -4.38. The molecule has 0 saturated carbocycles. The van der Waals surface area contributed by atoms with E-state index in [1.165, 1.54) is 49.1 Å². The molecule has 4 aromatic rings. The van der Waals surface area contributed by atoms with Crippen molar-refractivity contribution in [3.05, 3.63) is 92.9 Å². The summed E-state index contributed by atoms with van der Waals surface area (Å²) < 4.78 is 40.8. The zero-order chi connectivity index (χ0) is 28.3. The first-order chi connectivity index (χ1) is 18.6. The Bertz CT molecular complexity index is 1720. The van der Waals surface area contributed by atoms with Gasteiger partial charge in [-0.3, -0.25) is 18.7 Å². The second kappa shape index (κ2) is 11.2. The Labute approximate surface area is 225 Å². The lowest BCUT2D eigenvalue weighted by Gasteiger charge is -2.19. The molecule has 0 saturated heterocycles. The fraction of sp³-hybridized carbons (Fsp3) is 0.250. The highest BCUT2D eigenvalue weighted by molar-refractivity contribution is 7.91. The van der Waals surface area contributed by atoms with Crippen LogP contribution in [0.25, 0.3) is 11.4 Å². The van der Waals surface area contributed by atoms with Crippen LogP contribution in [0.4, 0.5) is 0 Å². The van der Waals surface area contributed by atoms with Crippen LogP contribution in [0.3, 0.4) is 0 Å². The van der Waals surface area contributed by atoms with Gasteiger partial charge in [-0.15, -0.1) is 0 Å². The molecule has 1 N–H and O–H groups in total. The number of pyridine rings is 1. The number of aromatic hydroxyl groups is 1. The molecule has 0 aliphatic heterocycles. The Kier molecular flexibility index (Phi) is 7.91. The van der Waals surface area contributed by atoms with E-state index in [0.29, 0.717) is 18.5 Å². The summed E-state index contributed by atoms with van der Waals surface area (Å²) in [6, 6.07) is 13.6. The number of rotatable bonds is 9. The van der Waals surface area contributed by atoms with Gasteiger partial charge in [0.1, 0.15) is 23.0 Å². The van der Waals surface area contributed by atoms with Crippen molar-refractivity contribution < 1.29 is 23.0 Å². The first kappa shape index (κ1) is 27.6. The van der Waals surface area contributed by atoms with Crippen LogP contribution in [0.5, 0.6) is 17.4 Å². The highest BCUT2D eigenvalue weighted by Crippen LogP contribution is 2.34. The van der Waals surface area contributed by atoms with E-state index in [-0.39, 0.29) is 33.5 Å². The molecule has 2 aromatic heterocycles. The largest absolute Gasteiger partial charge is 0.494 e. The van der Waals surface area contributed by atoms with Crippen molar-refractivity contribution in [2.45, 2.75) is 42.9 Å². The zero-order valence-electron chi connectivity index (χ0n) is 22.0. The van der Waals surface area contributed by atoms with E-state index in [4.69, 9.17) is 9.47 Å². The molecule has 0 aliphatic carbocycles. The number of aryl methyl sites for hydroxylation is 2. The predicted octanol–water partition coefficient (Wildman–Crippen LogP) is 3.59. The van der Waals surface area contributed by atoms with Crippen molar-refractivity contribution in [2.24, 2.45) is 0 Å². The number of sulfone groups is 1. The average Bonchev–Trinajstić information content (AvgIpc) is 2.91. The van der Waals surface area contributed by atoms with Gasteiger partial charge in [-0.25, -0.2) is 8.42 Å². The normalized spacial score (nSPS) is 11.4. The number of ether oxygens (including phenoxy) is 2. The van der Waals surface area contributed by atoms with E-state index in [9.17, 15) is 23.1 Å². The molecule has 0 radical (unpaired) electrons. The van der Waals surface area contributed by atoms with Crippen LogP contribution in [0, 0.1) is 6.92 Å². The molecule has 11 heteroatoms. The molecule has 0 unspecified atom stereocenters. The van der Waals surface area contributed by atoms with Gasteiger partial charge < -0.3 is 14.6 Å². The van der Waals surface area contributed by atoms with Crippen molar-refractivity contribution in [1.29, 1.82) is 0 Å². The lowest BCUT2D eigenvalue weighted by Crippen LogP contribution is -2.30. The van der Waals surface area contributed by atoms with E-state index >= 15 is 0 Å². The molecule has 0 fully saturated rings. The second-order valence-corrected chi connectivity index (χ2v) is 10.7.